The molecule has 0 amide bonds. The van der Waals surface area contributed by atoms with E-state index in [0.29, 0.717) is 0 Å². The van der Waals surface area contributed by atoms with Crippen LogP contribution >= 0.6 is 31.9 Å². The van der Waals surface area contributed by atoms with Crippen LogP contribution in [0.3, 0.4) is 0 Å². The largest absolute Gasteiger partial charge is 0.507 e. The van der Waals surface area contributed by atoms with Gasteiger partial charge >= 0.3 is 0 Å². The minimum Gasteiger partial charge on any atom is -0.507 e. The van der Waals surface area contributed by atoms with E-state index >= 15 is 0 Å². The van der Waals surface area contributed by atoms with E-state index in [1.807, 2.05) is 54.6 Å². The molecular weight excluding hydrogens is 392 g/mol. The summed E-state index contributed by atoms with van der Waals surface area (Å²) in [5.74, 6) is 0.269. The Bertz CT molecular complexity index is 653. The first-order valence-electron chi connectivity index (χ1n) is 6.73. The molecule has 21 heavy (non-hydrogen) atoms. The van der Waals surface area contributed by atoms with Crippen LogP contribution in [0.2, 0.25) is 0 Å². The number of allylic oxidation sites excluding steroid dienone is 3. The van der Waals surface area contributed by atoms with Gasteiger partial charge in [0, 0.05) is 14.5 Å². The Hall–Kier alpha value is -1.32. The number of benzene rings is 2. The van der Waals surface area contributed by atoms with Crippen LogP contribution in [-0.2, 0) is 0 Å². The number of rotatable bonds is 4. The first kappa shape index (κ1) is 16.1. The van der Waals surface area contributed by atoms with Crippen molar-refractivity contribution in [3.05, 3.63) is 80.8 Å². The van der Waals surface area contributed by atoms with Crippen LogP contribution in [0, 0.1) is 0 Å². The average molecular weight is 408 g/mol. The fraction of sp³-hybridized carbons (Fsp3) is 0.111. The van der Waals surface area contributed by atoms with Crippen molar-refractivity contribution in [1.82, 2.24) is 0 Å². The maximum absolute atomic E-state index is 10.3. The van der Waals surface area contributed by atoms with Gasteiger partial charge in [0.15, 0.2) is 0 Å². The molecule has 2 rings (SSSR count). The Balaban J connectivity index is 2.35. The second-order valence-electron chi connectivity index (χ2n) is 4.61. The normalized spacial score (nSPS) is 12.5. The third-order valence-electron chi connectivity index (χ3n) is 3.03. The topological polar surface area (TPSA) is 20.2 Å². The molecule has 0 saturated heterocycles. The minimum atomic E-state index is 0.269. The monoisotopic (exact) mass is 406 g/mol. The lowest BCUT2D eigenvalue weighted by atomic mass is 10.0. The van der Waals surface area contributed by atoms with Gasteiger partial charge in [0.25, 0.3) is 0 Å². The third kappa shape index (κ3) is 4.58. The van der Waals surface area contributed by atoms with Crippen LogP contribution in [0.5, 0.6) is 0 Å². The van der Waals surface area contributed by atoms with Crippen LogP contribution in [0.1, 0.15) is 24.5 Å². The first-order chi connectivity index (χ1) is 10.1. The van der Waals surface area contributed by atoms with Gasteiger partial charge in [0.05, 0.1) is 0 Å². The quantitative estimate of drug-likeness (QED) is 0.446. The van der Waals surface area contributed by atoms with Crippen LogP contribution in [0.15, 0.2) is 69.6 Å². The fourth-order valence-electron chi connectivity index (χ4n) is 1.97. The van der Waals surface area contributed by atoms with Crippen LogP contribution in [0.25, 0.3) is 11.3 Å². The molecule has 0 bridgehead atoms. The molecule has 0 aliphatic carbocycles. The standard InChI is InChI=1S/C18H16Br2O/c1-2-3-15(13-4-8-16(19)9-5-13)12-18(21)14-6-10-17(20)11-7-14/h3-12,21H,2H2,1H3/b15-3+,18-12-. The molecule has 0 aliphatic rings. The zero-order chi connectivity index (χ0) is 15.2. The summed E-state index contributed by atoms with van der Waals surface area (Å²) in [7, 11) is 0. The molecule has 0 fully saturated rings. The maximum Gasteiger partial charge on any atom is 0.123 e. The number of hydrogen-bond donors (Lipinski definition) is 1. The third-order valence-corrected chi connectivity index (χ3v) is 4.09. The van der Waals surface area contributed by atoms with Gasteiger partial charge < -0.3 is 5.11 Å². The van der Waals surface area contributed by atoms with E-state index in [2.05, 4.69) is 44.9 Å². The van der Waals surface area contributed by atoms with Crippen molar-refractivity contribution >= 4 is 43.2 Å². The predicted molar refractivity (Wildman–Crippen MR) is 97.2 cm³/mol. The molecule has 0 heterocycles. The summed E-state index contributed by atoms with van der Waals surface area (Å²) >= 11 is 6.84. The summed E-state index contributed by atoms with van der Waals surface area (Å²) in [5.41, 5.74) is 2.91. The van der Waals surface area contributed by atoms with Crippen molar-refractivity contribution in [2.75, 3.05) is 0 Å². The summed E-state index contributed by atoms with van der Waals surface area (Å²) in [4.78, 5) is 0. The fourth-order valence-corrected chi connectivity index (χ4v) is 2.50. The number of aliphatic hydroxyl groups is 1. The molecule has 0 radical (unpaired) electrons. The van der Waals surface area contributed by atoms with E-state index in [0.717, 1.165) is 32.1 Å². The highest BCUT2D eigenvalue weighted by Gasteiger charge is 2.03. The Morgan fingerprint density at radius 1 is 0.905 bits per heavy atom. The van der Waals surface area contributed by atoms with Crippen molar-refractivity contribution in [2.45, 2.75) is 13.3 Å². The first-order valence-corrected chi connectivity index (χ1v) is 8.31. The summed E-state index contributed by atoms with van der Waals surface area (Å²) in [6.45, 7) is 2.09. The second-order valence-corrected chi connectivity index (χ2v) is 6.44. The average Bonchev–Trinajstić information content (AvgIpc) is 2.48. The lowest BCUT2D eigenvalue weighted by Gasteiger charge is -2.06. The van der Waals surface area contributed by atoms with Gasteiger partial charge in [-0.05, 0) is 47.9 Å². The molecule has 1 N–H and O–H groups in total. The molecule has 1 nitrogen and oxygen atoms in total. The van der Waals surface area contributed by atoms with Gasteiger partial charge in [-0.3, -0.25) is 0 Å². The van der Waals surface area contributed by atoms with Crippen LogP contribution in [-0.4, -0.2) is 5.11 Å². The van der Waals surface area contributed by atoms with Crippen molar-refractivity contribution in [3.8, 4) is 0 Å². The van der Waals surface area contributed by atoms with E-state index in [1.54, 1.807) is 0 Å². The zero-order valence-electron chi connectivity index (χ0n) is 11.7. The Labute approximate surface area is 142 Å². The SMILES string of the molecule is CC/C=C(\C=C(/O)c1ccc(Br)cc1)c1ccc(Br)cc1. The van der Waals surface area contributed by atoms with Gasteiger partial charge in [0.2, 0.25) is 0 Å². The molecule has 0 saturated carbocycles. The Morgan fingerprint density at radius 3 is 1.86 bits per heavy atom. The van der Waals surface area contributed by atoms with E-state index in [-0.39, 0.29) is 5.76 Å². The highest BCUT2D eigenvalue weighted by atomic mass is 79.9. The number of hydrogen-bond acceptors (Lipinski definition) is 1. The highest BCUT2D eigenvalue weighted by molar-refractivity contribution is 9.10. The predicted octanol–water partition coefficient (Wildman–Crippen LogP) is 6.60. The van der Waals surface area contributed by atoms with Crippen molar-refractivity contribution in [2.24, 2.45) is 0 Å². The lowest BCUT2D eigenvalue weighted by molar-refractivity contribution is 0.512. The van der Waals surface area contributed by atoms with Gasteiger partial charge in [-0.1, -0.05) is 69.1 Å². The molecule has 0 spiro atoms. The lowest BCUT2D eigenvalue weighted by Crippen LogP contribution is -1.86. The molecule has 2 aromatic rings. The smallest absolute Gasteiger partial charge is 0.123 e. The van der Waals surface area contributed by atoms with E-state index in [9.17, 15) is 5.11 Å². The second kappa shape index (κ2) is 7.62. The van der Waals surface area contributed by atoms with Crippen LogP contribution < -0.4 is 0 Å². The minimum absolute atomic E-state index is 0.269. The number of aliphatic hydroxyl groups excluding tert-OH is 1. The van der Waals surface area contributed by atoms with Crippen LogP contribution in [0.4, 0.5) is 0 Å². The van der Waals surface area contributed by atoms with Crippen molar-refractivity contribution in [1.29, 1.82) is 0 Å². The summed E-state index contributed by atoms with van der Waals surface area (Å²) in [6.07, 6.45) is 4.84. The summed E-state index contributed by atoms with van der Waals surface area (Å²) in [5, 5.41) is 10.3. The van der Waals surface area contributed by atoms with E-state index in [4.69, 9.17) is 0 Å². The van der Waals surface area contributed by atoms with Gasteiger partial charge in [-0.25, -0.2) is 0 Å². The Kier molecular flexibility index (Phi) is 5.83. The van der Waals surface area contributed by atoms with Gasteiger partial charge in [-0.2, -0.15) is 0 Å². The van der Waals surface area contributed by atoms with Gasteiger partial charge in [-0.15, -0.1) is 0 Å². The molecule has 2 aromatic carbocycles. The van der Waals surface area contributed by atoms with E-state index in [1.165, 1.54) is 0 Å². The van der Waals surface area contributed by atoms with E-state index < -0.39 is 0 Å². The number of halogens is 2. The maximum atomic E-state index is 10.3. The molecule has 0 aliphatic heterocycles. The molecule has 108 valence electrons. The molecule has 0 unspecified atom stereocenters. The molecular formula is C18H16Br2O. The highest BCUT2D eigenvalue weighted by Crippen LogP contribution is 2.24. The van der Waals surface area contributed by atoms with Crippen molar-refractivity contribution < 1.29 is 5.11 Å². The Morgan fingerprint density at radius 2 is 1.38 bits per heavy atom. The summed E-state index contributed by atoms with van der Waals surface area (Å²) < 4.78 is 2.04. The molecule has 0 aromatic heterocycles. The molecule has 3 heteroatoms. The molecule has 0 atom stereocenters. The van der Waals surface area contributed by atoms with Crippen molar-refractivity contribution in [3.63, 3.8) is 0 Å². The zero-order valence-corrected chi connectivity index (χ0v) is 14.9. The van der Waals surface area contributed by atoms with Gasteiger partial charge in [0.1, 0.15) is 5.76 Å². The summed E-state index contributed by atoms with van der Waals surface area (Å²) in [6, 6.07) is 15.7.